The summed E-state index contributed by atoms with van der Waals surface area (Å²) in [4.78, 5) is 0. The van der Waals surface area contributed by atoms with Gasteiger partial charge in [-0.15, -0.1) is 0 Å². The average Bonchev–Trinajstić information content (AvgIpc) is 2.71. The fourth-order valence-electron chi connectivity index (χ4n) is 2.32. The van der Waals surface area contributed by atoms with Gasteiger partial charge in [0.05, 0.1) is 17.1 Å². The predicted octanol–water partition coefficient (Wildman–Crippen LogP) is 1.05. The molecule has 0 radical (unpaired) electrons. The smallest absolute Gasteiger partial charge is 0.0974 e. The minimum Gasteiger partial charge on any atom is -0.393 e. The van der Waals surface area contributed by atoms with Crippen LogP contribution in [0.4, 0.5) is 0 Å². The third-order valence-electron chi connectivity index (χ3n) is 3.27. The molecule has 1 saturated carbocycles. The van der Waals surface area contributed by atoms with Crippen molar-refractivity contribution >= 4 is 11.0 Å². The van der Waals surface area contributed by atoms with Crippen LogP contribution in [0.25, 0.3) is 0 Å². The minimum atomic E-state index is -0.775. The van der Waals surface area contributed by atoms with Gasteiger partial charge in [0, 0.05) is 18.3 Å². The SMILES string of the molecule is O=S(C1CCCC1)N1CCC(O)CC1. The standard InChI is InChI=1S/C10H19NO2S/c12-9-5-7-11(8-6-9)14(13)10-3-1-2-4-10/h9-10,12H,1-8H2. The summed E-state index contributed by atoms with van der Waals surface area (Å²) in [5.74, 6) is 0. The first-order valence-corrected chi connectivity index (χ1v) is 6.78. The first-order valence-electron chi connectivity index (χ1n) is 5.61. The van der Waals surface area contributed by atoms with E-state index in [0.29, 0.717) is 5.25 Å². The second-order valence-electron chi connectivity index (χ2n) is 4.34. The predicted molar refractivity (Wildman–Crippen MR) is 57.2 cm³/mol. The van der Waals surface area contributed by atoms with Gasteiger partial charge in [0.1, 0.15) is 0 Å². The van der Waals surface area contributed by atoms with Gasteiger partial charge in [-0.2, -0.15) is 0 Å². The van der Waals surface area contributed by atoms with Gasteiger partial charge in [-0.05, 0) is 25.7 Å². The summed E-state index contributed by atoms with van der Waals surface area (Å²) in [5.41, 5.74) is 0. The van der Waals surface area contributed by atoms with Gasteiger partial charge in [-0.3, -0.25) is 0 Å². The Labute approximate surface area is 88.1 Å². The average molecular weight is 217 g/mol. The van der Waals surface area contributed by atoms with Crippen molar-refractivity contribution in [2.24, 2.45) is 0 Å². The molecular formula is C10H19NO2S. The van der Waals surface area contributed by atoms with Crippen molar-refractivity contribution in [2.45, 2.75) is 49.9 Å². The maximum absolute atomic E-state index is 12.1. The topological polar surface area (TPSA) is 40.5 Å². The molecule has 0 aromatic rings. The molecule has 2 rings (SSSR count). The largest absolute Gasteiger partial charge is 0.393 e. The van der Waals surface area contributed by atoms with Crippen LogP contribution in [0.15, 0.2) is 0 Å². The fourth-order valence-corrected chi connectivity index (χ4v) is 4.05. The lowest BCUT2D eigenvalue weighted by molar-refractivity contribution is 0.114. The van der Waals surface area contributed by atoms with E-state index in [0.717, 1.165) is 38.8 Å². The van der Waals surface area contributed by atoms with Gasteiger partial charge in [-0.25, -0.2) is 8.51 Å². The van der Waals surface area contributed by atoms with Crippen LogP contribution < -0.4 is 0 Å². The van der Waals surface area contributed by atoms with E-state index in [2.05, 4.69) is 4.31 Å². The van der Waals surface area contributed by atoms with E-state index in [1.54, 1.807) is 0 Å². The number of aliphatic hydroxyl groups is 1. The van der Waals surface area contributed by atoms with E-state index < -0.39 is 11.0 Å². The molecule has 3 nitrogen and oxygen atoms in total. The Morgan fingerprint density at radius 1 is 1.07 bits per heavy atom. The summed E-state index contributed by atoms with van der Waals surface area (Å²) in [6.45, 7) is 1.62. The summed E-state index contributed by atoms with van der Waals surface area (Å²) in [6, 6.07) is 0. The molecule has 0 aromatic carbocycles. The summed E-state index contributed by atoms with van der Waals surface area (Å²) < 4.78 is 14.1. The quantitative estimate of drug-likeness (QED) is 0.751. The zero-order valence-corrected chi connectivity index (χ0v) is 9.34. The Hall–Kier alpha value is 0.0700. The van der Waals surface area contributed by atoms with Crippen LogP contribution in [0.2, 0.25) is 0 Å². The molecule has 14 heavy (non-hydrogen) atoms. The molecule has 1 saturated heterocycles. The number of piperidine rings is 1. The first-order chi connectivity index (χ1) is 6.77. The van der Waals surface area contributed by atoms with Crippen LogP contribution in [-0.4, -0.2) is 38.1 Å². The Kier molecular flexibility index (Phi) is 3.57. The van der Waals surface area contributed by atoms with Crippen LogP contribution in [0.5, 0.6) is 0 Å². The van der Waals surface area contributed by atoms with Gasteiger partial charge in [-0.1, -0.05) is 12.8 Å². The summed E-state index contributed by atoms with van der Waals surface area (Å²) in [7, 11) is -0.775. The molecule has 0 spiro atoms. The Balaban J connectivity index is 1.85. The van der Waals surface area contributed by atoms with Gasteiger partial charge >= 0.3 is 0 Å². The molecule has 1 aliphatic heterocycles. The van der Waals surface area contributed by atoms with Gasteiger partial charge < -0.3 is 5.11 Å². The molecule has 0 amide bonds. The van der Waals surface area contributed by atoms with Crippen molar-refractivity contribution in [1.29, 1.82) is 0 Å². The highest BCUT2D eigenvalue weighted by Gasteiger charge is 2.28. The molecule has 1 atom stereocenters. The molecule has 2 aliphatic rings. The molecule has 0 aromatic heterocycles. The molecule has 1 N–H and O–H groups in total. The van der Waals surface area contributed by atoms with Crippen molar-refractivity contribution in [3.05, 3.63) is 0 Å². The van der Waals surface area contributed by atoms with Crippen LogP contribution in [0.3, 0.4) is 0 Å². The van der Waals surface area contributed by atoms with Crippen molar-refractivity contribution in [2.75, 3.05) is 13.1 Å². The summed E-state index contributed by atoms with van der Waals surface area (Å²) in [6.07, 6.45) is 6.17. The van der Waals surface area contributed by atoms with Crippen LogP contribution >= 0.6 is 0 Å². The highest BCUT2D eigenvalue weighted by Crippen LogP contribution is 2.26. The van der Waals surface area contributed by atoms with Gasteiger partial charge in [0.15, 0.2) is 0 Å². The minimum absolute atomic E-state index is 0.160. The Morgan fingerprint density at radius 3 is 2.21 bits per heavy atom. The molecule has 0 bridgehead atoms. The molecule has 82 valence electrons. The number of nitrogens with zero attached hydrogens (tertiary/aromatic N) is 1. The lowest BCUT2D eigenvalue weighted by Gasteiger charge is -2.30. The van der Waals surface area contributed by atoms with E-state index in [1.807, 2.05) is 0 Å². The van der Waals surface area contributed by atoms with Gasteiger partial charge in [0.2, 0.25) is 0 Å². The second kappa shape index (κ2) is 4.73. The Morgan fingerprint density at radius 2 is 1.64 bits per heavy atom. The van der Waals surface area contributed by atoms with E-state index in [-0.39, 0.29) is 6.10 Å². The number of hydrogen-bond acceptors (Lipinski definition) is 2. The molecular weight excluding hydrogens is 198 g/mol. The maximum Gasteiger partial charge on any atom is 0.0974 e. The number of rotatable bonds is 2. The highest BCUT2D eigenvalue weighted by atomic mass is 32.2. The van der Waals surface area contributed by atoms with Crippen LogP contribution in [0.1, 0.15) is 38.5 Å². The lowest BCUT2D eigenvalue weighted by atomic mass is 10.1. The zero-order chi connectivity index (χ0) is 9.97. The summed E-state index contributed by atoms with van der Waals surface area (Å²) >= 11 is 0. The maximum atomic E-state index is 12.1. The van der Waals surface area contributed by atoms with Crippen LogP contribution in [-0.2, 0) is 11.0 Å². The van der Waals surface area contributed by atoms with E-state index in [1.165, 1.54) is 12.8 Å². The molecule has 1 aliphatic carbocycles. The lowest BCUT2D eigenvalue weighted by Crippen LogP contribution is -2.40. The summed E-state index contributed by atoms with van der Waals surface area (Å²) in [5, 5.41) is 9.76. The van der Waals surface area contributed by atoms with Crippen molar-refractivity contribution in [1.82, 2.24) is 4.31 Å². The highest BCUT2D eigenvalue weighted by molar-refractivity contribution is 7.83. The zero-order valence-electron chi connectivity index (χ0n) is 8.52. The molecule has 4 heteroatoms. The third-order valence-corrected chi connectivity index (χ3v) is 5.18. The van der Waals surface area contributed by atoms with Gasteiger partial charge in [0.25, 0.3) is 0 Å². The van der Waals surface area contributed by atoms with E-state index in [4.69, 9.17) is 0 Å². The fraction of sp³-hybridized carbons (Fsp3) is 1.00. The number of hydrogen-bond donors (Lipinski definition) is 1. The van der Waals surface area contributed by atoms with Crippen molar-refractivity contribution < 1.29 is 9.32 Å². The first kappa shape index (κ1) is 10.6. The van der Waals surface area contributed by atoms with E-state index >= 15 is 0 Å². The molecule has 1 heterocycles. The monoisotopic (exact) mass is 217 g/mol. The third kappa shape index (κ3) is 2.35. The normalized spacial score (nSPS) is 29.5. The van der Waals surface area contributed by atoms with E-state index in [9.17, 15) is 9.32 Å². The van der Waals surface area contributed by atoms with Crippen LogP contribution in [0, 0.1) is 0 Å². The van der Waals surface area contributed by atoms with Crippen molar-refractivity contribution in [3.8, 4) is 0 Å². The second-order valence-corrected chi connectivity index (χ2v) is 6.08. The molecule has 1 unspecified atom stereocenters. The number of aliphatic hydroxyl groups excluding tert-OH is 1. The van der Waals surface area contributed by atoms with Crippen molar-refractivity contribution in [3.63, 3.8) is 0 Å². The molecule has 2 fully saturated rings. The Bertz CT molecular complexity index is 208.